The Labute approximate surface area is 327 Å². The lowest BCUT2D eigenvalue weighted by atomic mass is 9.70. The summed E-state index contributed by atoms with van der Waals surface area (Å²) >= 11 is 3.77. The number of alkyl halides is 1. The Morgan fingerprint density at radius 3 is 2.33 bits per heavy atom. The van der Waals surface area contributed by atoms with Gasteiger partial charge in [-0.3, -0.25) is 19.2 Å². The number of fused-ring (bicyclic) bond motifs is 1. The minimum Gasteiger partial charge on any atom is -0.463 e. The fourth-order valence-electron chi connectivity index (χ4n) is 8.53. The van der Waals surface area contributed by atoms with E-state index in [0.717, 1.165) is 24.3 Å². The molecule has 8 atom stereocenters. The van der Waals surface area contributed by atoms with E-state index in [4.69, 9.17) is 9.47 Å². The Hall–Kier alpha value is -4.00. The van der Waals surface area contributed by atoms with Gasteiger partial charge < -0.3 is 34.6 Å². The number of carbonyl (C=O) groups excluding carboxylic acids is 4. The van der Waals surface area contributed by atoms with E-state index in [1.807, 2.05) is 68.4 Å². The molecule has 54 heavy (non-hydrogen) atoms. The van der Waals surface area contributed by atoms with Gasteiger partial charge in [0, 0.05) is 42.3 Å². The maximum absolute atomic E-state index is 15.2. The molecule has 0 aliphatic carbocycles. The minimum atomic E-state index is -1.35. The Bertz CT molecular complexity index is 1650. The van der Waals surface area contributed by atoms with Crippen LogP contribution in [0.15, 0.2) is 79.9 Å². The first-order valence-corrected chi connectivity index (χ1v) is 20.0. The number of nitrogens with one attached hydrogen (secondary N) is 1. The zero-order chi connectivity index (χ0) is 39.2. The highest BCUT2D eigenvalue weighted by molar-refractivity contribution is 9.09. The van der Waals surface area contributed by atoms with Crippen LogP contribution < -0.4 is 15.1 Å². The van der Waals surface area contributed by atoms with Crippen LogP contribution in [0, 0.1) is 17.8 Å². The second kappa shape index (κ2) is 18.1. The molecule has 0 aromatic heterocycles. The van der Waals surface area contributed by atoms with Gasteiger partial charge in [-0.05, 0) is 68.9 Å². The molecule has 3 aliphatic heterocycles. The topological polar surface area (TPSA) is 129 Å². The van der Waals surface area contributed by atoms with Crippen molar-refractivity contribution in [1.82, 2.24) is 10.2 Å². The number of benzene rings is 2. The summed E-state index contributed by atoms with van der Waals surface area (Å²) in [5, 5.41) is 13.9. The number of aliphatic hydroxyl groups excluding tert-OH is 1. The molecule has 292 valence electrons. The van der Waals surface area contributed by atoms with Crippen LogP contribution in [0.4, 0.5) is 11.4 Å². The molecule has 0 radical (unpaired) electrons. The summed E-state index contributed by atoms with van der Waals surface area (Å²) in [6, 6.07) is 14.5. The number of allylic oxidation sites excluding steroid dienone is 1. The van der Waals surface area contributed by atoms with Gasteiger partial charge in [0.1, 0.15) is 18.2 Å². The minimum absolute atomic E-state index is 0.0987. The predicted octanol–water partition coefficient (Wildman–Crippen LogP) is 5.57. The molecule has 1 spiro atoms. The van der Waals surface area contributed by atoms with Crippen LogP contribution in [0.3, 0.4) is 0 Å². The number of rotatable bonds is 19. The van der Waals surface area contributed by atoms with E-state index in [1.165, 1.54) is 4.90 Å². The van der Waals surface area contributed by atoms with Crippen molar-refractivity contribution >= 4 is 51.0 Å². The Balaban J connectivity index is 1.53. The maximum Gasteiger partial charge on any atom is 0.306 e. The number of ether oxygens (including phenoxy) is 2. The molecule has 3 saturated heterocycles. The second-order valence-corrected chi connectivity index (χ2v) is 16.0. The number of amides is 3. The van der Waals surface area contributed by atoms with Crippen molar-refractivity contribution < 1.29 is 33.8 Å². The fourth-order valence-corrected chi connectivity index (χ4v) is 9.48. The van der Waals surface area contributed by atoms with E-state index < -0.39 is 59.5 Å². The van der Waals surface area contributed by atoms with Crippen molar-refractivity contribution in [3.8, 4) is 0 Å². The molecule has 12 heteroatoms. The van der Waals surface area contributed by atoms with Crippen LogP contribution in [0.25, 0.3) is 0 Å². The number of carbonyl (C=O) groups is 4. The molecule has 2 N–H and O–H groups in total. The molecule has 0 saturated carbocycles. The SMILES string of the molecule is C=CCCC(=O)OC[C@@H](NC(=O)[C@H]1[C@@H]2O[C@@]3(CC2Br)[C@@H]1C(=O)N([C@@H](CO)CC(C)C)[C@@H]3C(=O)N(CC=C)c1ccc(N(CC)CC)cc1)c1ccccc1. The van der Waals surface area contributed by atoms with Gasteiger partial charge in [-0.2, -0.15) is 0 Å². The molecular weight excluding hydrogens is 752 g/mol. The third-order valence-corrected chi connectivity index (χ3v) is 11.8. The van der Waals surface area contributed by atoms with E-state index >= 15 is 4.79 Å². The van der Waals surface area contributed by atoms with Crippen molar-refractivity contribution in [2.75, 3.05) is 42.6 Å². The number of likely N-dealkylation sites (tertiary alicyclic amines) is 1. The zero-order valence-electron chi connectivity index (χ0n) is 31.9. The molecule has 3 heterocycles. The number of esters is 1. The van der Waals surface area contributed by atoms with Crippen LogP contribution >= 0.6 is 15.9 Å². The van der Waals surface area contributed by atoms with Gasteiger partial charge in [0.05, 0.1) is 36.6 Å². The molecule has 3 aliphatic rings. The highest BCUT2D eigenvalue weighted by Crippen LogP contribution is 2.61. The molecule has 1 unspecified atom stereocenters. The molecule has 11 nitrogen and oxygen atoms in total. The van der Waals surface area contributed by atoms with Gasteiger partial charge in [0.25, 0.3) is 5.91 Å². The van der Waals surface area contributed by atoms with Crippen molar-refractivity contribution in [2.45, 2.75) is 88.0 Å². The number of halogens is 1. The molecule has 2 aromatic carbocycles. The molecule has 3 amide bonds. The summed E-state index contributed by atoms with van der Waals surface area (Å²) < 4.78 is 12.4. The Morgan fingerprint density at radius 2 is 1.74 bits per heavy atom. The van der Waals surface area contributed by atoms with Crippen molar-refractivity contribution in [1.29, 1.82) is 0 Å². The van der Waals surface area contributed by atoms with E-state index in [9.17, 15) is 19.5 Å². The summed E-state index contributed by atoms with van der Waals surface area (Å²) in [5.41, 5.74) is 1.04. The number of nitrogens with zero attached hydrogens (tertiary/aromatic N) is 3. The van der Waals surface area contributed by atoms with Crippen molar-refractivity contribution in [3.63, 3.8) is 0 Å². The van der Waals surface area contributed by atoms with Gasteiger partial charge in [-0.1, -0.05) is 72.3 Å². The van der Waals surface area contributed by atoms with Crippen LogP contribution in [-0.2, 0) is 28.7 Å². The lowest BCUT2D eigenvalue weighted by Crippen LogP contribution is -2.59. The third kappa shape index (κ3) is 8.16. The zero-order valence-corrected chi connectivity index (χ0v) is 33.5. The van der Waals surface area contributed by atoms with Gasteiger partial charge in [-0.15, -0.1) is 13.2 Å². The highest BCUT2D eigenvalue weighted by Gasteiger charge is 2.77. The summed E-state index contributed by atoms with van der Waals surface area (Å²) in [7, 11) is 0. The predicted molar refractivity (Wildman–Crippen MR) is 213 cm³/mol. The summed E-state index contributed by atoms with van der Waals surface area (Å²) in [4.78, 5) is 62.1. The van der Waals surface area contributed by atoms with E-state index in [2.05, 4.69) is 53.2 Å². The lowest BCUT2D eigenvalue weighted by molar-refractivity contribution is -0.146. The van der Waals surface area contributed by atoms with Crippen LogP contribution in [0.5, 0.6) is 0 Å². The molecule has 3 fully saturated rings. The fraction of sp³-hybridized carbons (Fsp3) is 0.524. The number of anilines is 2. The van der Waals surface area contributed by atoms with Crippen LogP contribution in [0.2, 0.25) is 0 Å². The molecule has 2 aromatic rings. The highest BCUT2D eigenvalue weighted by atomic mass is 79.9. The van der Waals surface area contributed by atoms with E-state index in [0.29, 0.717) is 24.9 Å². The van der Waals surface area contributed by atoms with Gasteiger partial charge >= 0.3 is 5.97 Å². The average Bonchev–Trinajstić information content (AvgIpc) is 3.77. The van der Waals surface area contributed by atoms with Gasteiger partial charge in [0.2, 0.25) is 11.8 Å². The molecule has 5 rings (SSSR count). The van der Waals surface area contributed by atoms with Gasteiger partial charge in [-0.25, -0.2) is 0 Å². The first-order valence-electron chi connectivity index (χ1n) is 19.1. The largest absolute Gasteiger partial charge is 0.463 e. The number of aliphatic hydroxyl groups is 1. The van der Waals surface area contributed by atoms with Crippen LogP contribution in [0.1, 0.15) is 65.0 Å². The lowest BCUT2D eigenvalue weighted by Gasteiger charge is -2.40. The summed E-state index contributed by atoms with van der Waals surface area (Å²) in [6.07, 6.45) is 3.97. The number of hydrogen-bond donors (Lipinski definition) is 2. The smallest absolute Gasteiger partial charge is 0.306 e. The normalized spacial score (nSPS) is 25.2. The van der Waals surface area contributed by atoms with Crippen molar-refractivity contribution in [2.24, 2.45) is 17.8 Å². The monoisotopic (exact) mass is 806 g/mol. The summed E-state index contributed by atoms with van der Waals surface area (Å²) in [5.74, 6) is -3.46. The molecular formula is C42H55BrN4O7. The van der Waals surface area contributed by atoms with Gasteiger partial charge in [0.15, 0.2) is 0 Å². The Morgan fingerprint density at radius 1 is 1.07 bits per heavy atom. The summed E-state index contributed by atoms with van der Waals surface area (Å²) in [6.45, 7) is 17.1. The standard InChI is InChI=1S/C42H55BrN4O7/c1-7-11-17-34(49)53-26-33(28-15-13-12-14-16-28)44-39(50)35-36-40(51)47(31(25-48)23-27(5)6)38(42(36)24-32(43)37(35)54-42)41(52)46(22-8-2)30-20-18-29(19-21-30)45(9-3)10-4/h7-8,12-16,18-21,27,31-33,35-38,48H,1-2,9-11,17,22-26H2,3-6H3,(H,44,50)/t31-,32?,33-,35-,36+,37-,38-,42+/m1/s1. The van der Waals surface area contributed by atoms with Crippen LogP contribution in [-0.4, -0.2) is 95.2 Å². The maximum atomic E-state index is 15.2. The first-order chi connectivity index (χ1) is 26.0. The molecule has 2 bridgehead atoms. The Kier molecular flexibility index (Phi) is 13.8. The van der Waals surface area contributed by atoms with Crippen molar-refractivity contribution in [3.05, 3.63) is 85.5 Å². The third-order valence-electron chi connectivity index (χ3n) is 11.0. The van der Waals surface area contributed by atoms with E-state index in [-0.39, 0.29) is 42.8 Å². The average molecular weight is 808 g/mol. The quantitative estimate of drug-likeness (QED) is 0.107. The first kappa shape index (κ1) is 41.2. The number of hydrogen-bond acceptors (Lipinski definition) is 8. The second-order valence-electron chi connectivity index (χ2n) is 14.8. The van der Waals surface area contributed by atoms with E-state index in [1.54, 1.807) is 17.1 Å².